The SMILES string of the molecule is CSC1(Cn2c(=S)[nH]c3sc4c(c3c2=O)CCCC4)CC1. The Morgan fingerprint density at radius 3 is 2.86 bits per heavy atom. The van der Waals surface area contributed by atoms with Gasteiger partial charge in [0, 0.05) is 16.2 Å². The second kappa shape index (κ2) is 4.96. The van der Waals surface area contributed by atoms with Gasteiger partial charge in [-0.15, -0.1) is 11.3 Å². The van der Waals surface area contributed by atoms with Gasteiger partial charge in [0.15, 0.2) is 4.77 Å². The normalized spacial score (nSPS) is 19.7. The number of fused-ring (bicyclic) bond motifs is 3. The number of thiophene rings is 1. The van der Waals surface area contributed by atoms with Crippen LogP contribution >= 0.6 is 35.3 Å². The maximum atomic E-state index is 13.0. The lowest BCUT2D eigenvalue weighted by Crippen LogP contribution is -2.28. The van der Waals surface area contributed by atoms with Crippen LogP contribution in [-0.2, 0) is 19.4 Å². The molecule has 1 N–H and O–H groups in total. The van der Waals surface area contributed by atoms with Gasteiger partial charge in [0.1, 0.15) is 4.83 Å². The van der Waals surface area contributed by atoms with E-state index < -0.39 is 0 Å². The monoisotopic (exact) mass is 338 g/mol. The van der Waals surface area contributed by atoms with Crippen LogP contribution in [0.4, 0.5) is 0 Å². The number of hydrogen-bond acceptors (Lipinski definition) is 4. The van der Waals surface area contributed by atoms with Crippen molar-refractivity contribution in [2.75, 3.05) is 6.26 Å². The highest BCUT2D eigenvalue weighted by molar-refractivity contribution is 8.00. The van der Waals surface area contributed by atoms with E-state index in [4.69, 9.17) is 12.2 Å². The lowest BCUT2D eigenvalue weighted by molar-refractivity contribution is 0.622. The van der Waals surface area contributed by atoms with Crippen LogP contribution in [0.25, 0.3) is 10.2 Å². The van der Waals surface area contributed by atoms with Gasteiger partial charge in [-0.25, -0.2) is 0 Å². The van der Waals surface area contributed by atoms with Crippen molar-refractivity contribution in [3.63, 3.8) is 0 Å². The minimum Gasteiger partial charge on any atom is -0.323 e. The summed E-state index contributed by atoms with van der Waals surface area (Å²) in [5, 5.41) is 0.917. The largest absolute Gasteiger partial charge is 0.323 e. The van der Waals surface area contributed by atoms with Gasteiger partial charge in [-0.1, -0.05) is 0 Å². The first-order chi connectivity index (χ1) is 10.1. The topological polar surface area (TPSA) is 37.8 Å². The zero-order valence-electron chi connectivity index (χ0n) is 12.0. The Morgan fingerprint density at radius 1 is 1.38 bits per heavy atom. The van der Waals surface area contributed by atoms with Crippen molar-refractivity contribution in [3.05, 3.63) is 25.6 Å². The Kier molecular flexibility index (Phi) is 3.32. The molecule has 1 saturated carbocycles. The summed E-state index contributed by atoms with van der Waals surface area (Å²) in [7, 11) is 0. The molecule has 1 fully saturated rings. The van der Waals surface area contributed by atoms with Crippen LogP contribution in [0.5, 0.6) is 0 Å². The molecule has 0 spiro atoms. The van der Waals surface area contributed by atoms with E-state index >= 15 is 0 Å². The average Bonchev–Trinajstić information content (AvgIpc) is 3.16. The molecule has 112 valence electrons. The van der Waals surface area contributed by atoms with E-state index in [9.17, 15) is 4.79 Å². The van der Waals surface area contributed by atoms with Gasteiger partial charge >= 0.3 is 0 Å². The maximum Gasteiger partial charge on any atom is 0.263 e. The number of rotatable bonds is 3. The van der Waals surface area contributed by atoms with Crippen molar-refractivity contribution < 1.29 is 0 Å². The summed E-state index contributed by atoms with van der Waals surface area (Å²) in [6, 6.07) is 0. The summed E-state index contributed by atoms with van der Waals surface area (Å²) in [5.74, 6) is 0. The number of aryl methyl sites for hydroxylation is 2. The predicted molar refractivity (Wildman–Crippen MR) is 93.4 cm³/mol. The summed E-state index contributed by atoms with van der Waals surface area (Å²) < 4.78 is 2.64. The molecule has 2 aliphatic rings. The molecule has 2 aliphatic carbocycles. The van der Waals surface area contributed by atoms with Crippen molar-refractivity contribution in [3.8, 4) is 0 Å². The van der Waals surface area contributed by atoms with Crippen LogP contribution in [-0.4, -0.2) is 20.6 Å². The number of aromatic amines is 1. The minimum atomic E-state index is 0.133. The molecule has 4 rings (SSSR count). The molecule has 6 heteroatoms. The minimum absolute atomic E-state index is 0.133. The molecule has 0 bridgehead atoms. The third-order valence-electron chi connectivity index (χ3n) is 4.78. The number of nitrogens with one attached hydrogen (secondary N) is 1. The highest BCUT2D eigenvalue weighted by atomic mass is 32.2. The summed E-state index contributed by atoms with van der Waals surface area (Å²) >= 11 is 9.06. The van der Waals surface area contributed by atoms with E-state index in [1.54, 1.807) is 11.3 Å². The van der Waals surface area contributed by atoms with Crippen molar-refractivity contribution in [2.24, 2.45) is 0 Å². The molecule has 0 amide bonds. The molecule has 2 aromatic heterocycles. The van der Waals surface area contributed by atoms with Gasteiger partial charge in [-0.05, 0) is 62.6 Å². The average molecular weight is 339 g/mol. The summed E-state index contributed by atoms with van der Waals surface area (Å²) in [6.07, 6.45) is 9.11. The Balaban J connectivity index is 1.92. The van der Waals surface area contributed by atoms with E-state index in [0.29, 0.717) is 4.77 Å². The van der Waals surface area contributed by atoms with Crippen LogP contribution in [0, 0.1) is 4.77 Å². The van der Waals surface area contributed by atoms with Gasteiger partial charge in [-0.3, -0.25) is 9.36 Å². The first-order valence-electron chi connectivity index (χ1n) is 7.46. The second-order valence-corrected chi connectivity index (χ2v) is 8.89. The molecule has 0 unspecified atom stereocenters. The summed E-state index contributed by atoms with van der Waals surface area (Å²) in [4.78, 5) is 18.7. The quantitative estimate of drug-likeness (QED) is 0.863. The second-order valence-electron chi connectivity index (χ2n) is 6.12. The van der Waals surface area contributed by atoms with Crippen molar-refractivity contribution in [2.45, 2.75) is 49.8 Å². The van der Waals surface area contributed by atoms with Gasteiger partial charge in [-0.2, -0.15) is 11.8 Å². The molecule has 2 heterocycles. The van der Waals surface area contributed by atoms with Crippen molar-refractivity contribution in [1.82, 2.24) is 9.55 Å². The Bertz CT molecular complexity index is 826. The third-order valence-corrected chi connectivity index (χ3v) is 7.72. The molecule has 0 radical (unpaired) electrons. The number of nitrogens with zero attached hydrogens (tertiary/aromatic N) is 1. The summed E-state index contributed by atoms with van der Waals surface area (Å²) in [6.45, 7) is 0.753. The molecule has 0 saturated heterocycles. The standard InChI is InChI=1S/C15H18N2OS3/c1-20-15(6-7-15)8-17-13(18)11-9-4-2-3-5-10(9)21-12(11)16-14(17)19/h2-8H2,1H3,(H,16,19). The van der Waals surface area contributed by atoms with E-state index in [-0.39, 0.29) is 10.3 Å². The number of thioether (sulfide) groups is 1. The highest BCUT2D eigenvalue weighted by Gasteiger charge is 2.42. The van der Waals surface area contributed by atoms with Gasteiger partial charge in [0.2, 0.25) is 0 Å². The predicted octanol–water partition coefficient (Wildman–Crippen LogP) is 3.89. The maximum absolute atomic E-state index is 13.0. The van der Waals surface area contributed by atoms with Crippen LogP contribution in [0.15, 0.2) is 4.79 Å². The number of aromatic nitrogens is 2. The Hall–Kier alpha value is -0.590. The lowest BCUT2D eigenvalue weighted by Gasteiger charge is -2.15. The Labute approximate surface area is 136 Å². The summed E-state index contributed by atoms with van der Waals surface area (Å²) in [5.41, 5.74) is 1.42. The van der Waals surface area contributed by atoms with E-state index in [0.717, 1.165) is 29.6 Å². The van der Waals surface area contributed by atoms with Gasteiger partial charge in [0.25, 0.3) is 5.56 Å². The van der Waals surface area contributed by atoms with E-state index in [1.165, 1.54) is 36.1 Å². The Morgan fingerprint density at radius 2 is 2.14 bits per heavy atom. The molecular formula is C15H18N2OS3. The fraction of sp³-hybridized carbons (Fsp3) is 0.600. The molecular weight excluding hydrogens is 320 g/mol. The molecule has 0 atom stereocenters. The molecule has 0 aromatic carbocycles. The molecule has 2 aromatic rings. The van der Waals surface area contributed by atoms with Crippen LogP contribution in [0.3, 0.4) is 0 Å². The first-order valence-corrected chi connectivity index (χ1v) is 9.91. The molecule has 21 heavy (non-hydrogen) atoms. The smallest absolute Gasteiger partial charge is 0.263 e. The van der Waals surface area contributed by atoms with E-state index in [1.807, 2.05) is 16.3 Å². The first kappa shape index (κ1) is 14.0. The highest BCUT2D eigenvalue weighted by Crippen LogP contribution is 2.48. The van der Waals surface area contributed by atoms with Crippen molar-refractivity contribution >= 4 is 45.5 Å². The zero-order valence-corrected chi connectivity index (χ0v) is 14.5. The van der Waals surface area contributed by atoms with Gasteiger partial charge < -0.3 is 4.98 Å². The molecule has 3 nitrogen and oxygen atoms in total. The number of H-pyrrole nitrogens is 1. The van der Waals surface area contributed by atoms with Crippen LogP contribution in [0.1, 0.15) is 36.1 Å². The fourth-order valence-corrected chi connectivity index (χ4v) is 5.63. The van der Waals surface area contributed by atoms with E-state index in [2.05, 4.69) is 11.2 Å². The number of hydrogen-bond donors (Lipinski definition) is 1. The van der Waals surface area contributed by atoms with Crippen LogP contribution < -0.4 is 5.56 Å². The van der Waals surface area contributed by atoms with Crippen molar-refractivity contribution in [1.29, 1.82) is 0 Å². The lowest BCUT2D eigenvalue weighted by atomic mass is 9.97. The fourth-order valence-electron chi connectivity index (χ4n) is 3.27. The van der Waals surface area contributed by atoms with Gasteiger partial charge in [0.05, 0.1) is 5.39 Å². The molecule has 0 aliphatic heterocycles. The zero-order chi connectivity index (χ0) is 14.6. The van der Waals surface area contributed by atoms with Crippen LogP contribution in [0.2, 0.25) is 0 Å². The third kappa shape index (κ3) is 2.23.